The highest BCUT2D eigenvalue weighted by Crippen LogP contribution is 2.44. The smallest absolute Gasteiger partial charge is 0.112 e. The fourth-order valence-electron chi connectivity index (χ4n) is 3.70. The predicted molar refractivity (Wildman–Crippen MR) is 78.5 cm³/mol. The number of aromatic nitrogens is 2. The number of nitrogens with zero attached hydrogens (tertiary/aromatic N) is 2. The molecule has 3 rings (SSSR count). The molecule has 0 unspecified atom stereocenters. The number of imidazole rings is 1. The third kappa shape index (κ3) is 2.03. The summed E-state index contributed by atoms with van der Waals surface area (Å²) in [4.78, 5) is 5.02. The fourth-order valence-corrected chi connectivity index (χ4v) is 3.70. The van der Waals surface area contributed by atoms with Gasteiger partial charge in [0.15, 0.2) is 0 Å². The van der Waals surface area contributed by atoms with Crippen LogP contribution in [0, 0.1) is 0 Å². The van der Waals surface area contributed by atoms with Crippen molar-refractivity contribution in [1.82, 2.24) is 14.9 Å². The average molecular weight is 261 g/mol. The number of nitrogens with one attached hydrogen (secondary N) is 1. The summed E-state index contributed by atoms with van der Waals surface area (Å²) in [5, 5.41) is 3.47. The molecule has 0 aromatic carbocycles. The highest BCUT2D eigenvalue weighted by atomic mass is 15.2. The SMILES string of the molecule is CCC(CC)(CC)n1c(C2CC2)nc2c1CCNC2. The zero-order chi connectivity index (χ0) is 13.5. The molecule has 1 aromatic heterocycles. The van der Waals surface area contributed by atoms with Crippen molar-refractivity contribution in [3.63, 3.8) is 0 Å². The molecule has 0 spiro atoms. The Bertz CT molecular complexity index is 445. The Morgan fingerprint density at radius 2 is 1.89 bits per heavy atom. The monoisotopic (exact) mass is 261 g/mol. The molecule has 3 nitrogen and oxygen atoms in total. The van der Waals surface area contributed by atoms with E-state index in [0.29, 0.717) is 5.54 Å². The van der Waals surface area contributed by atoms with Crippen LogP contribution in [-0.4, -0.2) is 16.1 Å². The second-order valence-electron chi connectivity index (χ2n) is 6.18. The minimum absolute atomic E-state index is 0.301. The van der Waals surface area contributed by atoms with Gasteiger partial charge >= 0.3 is 0 Å². The molecule has 2 heterocycles. The van der Waals surface area contributed by atoms with Crippen molar-refractivity contribution in [3.8, 4) is 0 Å². The van der Waals surface area contributed by atoms with E-state index >= 15 is 0 Å². The Balaban J connectivity index is 2.13. The van der Waals surface area contributed by atoms with Gasteiger partial charge in [-0.3, -0.25) is 0 Å². The summed E-state index contributed by atoms with van der Waals surface area (Å²) in [7, 11) is 0. The molecular formula is C16H27N3. The summed E-state index contributed by atoms with van der Waals surface area (Å²) < 4.78 is 2.68. The molecule has 1 aliphatic carbocycles. The Labute approximate surface area is 116 Å². The summed E-state index contributed by atoms with van der Waals surface area (Å²) in [5.41, 5.74) is 3.16. The van der Waals surface area contributed by atoms with E-state index in [0.717, 1.165) is 25.4 Å². The number of rotatable bonds is 5. The van der Waals surface area contributed by atoms with Gasteiger partial charge in [-0.2, -0.15) is 0 Å². The van der Waals surface area contributed by atoms with Crippen LogP contribution in [-0.2, 0) is 18.5 Å². The second-order valence-corrected chi connectivity index (χ2v) is 6.18. The first-order valence-electron chi connectivity index (χ1n) is 8.07. The first-order valence-corrected chi connectivity index (χ1v) is 8.07. The summed E-state index contributed by atoms with van der Waals surface area (Å²) in [6, 6.07) is 0. The second kappa shape index (κ2) is 4.93. The zero-order valence-corrected chi connectivity index (χ0v) is 12.6. The average Bonchev–Trinajstić information content (AvgIpc) is 3.23. The molecular weight excluding hydrogens is 234 g/mol. The van der Waals surface area contributed by atoms with Gasteiger partial charge < -0.3 is 9.88 Å². The molecule has 0 radical (unpaired) electrons. The first kappa shape index (κ1) is 13.2. The lowest BCUT2D eigenvalue weighted by atomic mass is 9.88. The van der Waals surface area contributed by atoms with E-state index in [1.54, 1.807) is 0 Å². The number of hydrogen-bond donors (Lipinski definition) is 1. The zero-order valence-electron chi connectivity index (χ0n) is 12.6. The van der Waals surface area contributed by atoms with E-state index < -0.39 is 0 Å². The molecule has 1 N–H and O–H groups in total. The molecule has 0 atom stereocenters. The third-order valence-corrected chi connectivity index (χ3v) is 5.30. The Kier molecular flexibility index (Phi) is 3.42. The molecule has 3 heteroatoms. The van der Waals surface area contributed by atoms with Gasteiger partial charge in [0.2, 0.25) is 0 Å². The maximum atomic E-state index is 5.02. The van der Waals surface area contributed by atoms with E-state index in [-0.39, 0.29) is 0 Å². The summed E-state index contributed by atoms with van der Waals surface area (Å²) in [6.07, 6.45) is 7.49. The highest BCUT2D eigenvalue weighted by Gasteiger charge is 2.38. The molecule has 0 bridgehead atoms. The topological polar surface area (TPSA) is 29.9 Å². The van der Waals surface area contributed by atoms with Crippen LogP contribution in [0.1, 0.15) is 76.0 Å². The molecule has 1 saturated carbocycles. The van der Waals surface area contributed by atoms with Crippen LogP contribution in [0.2, 0.25) is 0 Å². The standard InChI is InChI=1S/C16H27N3/c1-4-16(5-2,6-3)19-14-9-10-17-11-13(14)18-15(19)12-7-8-12/h12,17H,4-11H2,1-3H3. The van der Waals surface area contributed by atoms with Crippen LogP contribution in [0.5, 0.6) is 0 Å². The van der Waals surface area contributed by atoms with Crippen LogP contribution in [0.15, 0.2) is 0 Å². The van der Waals surface area contributed by atoms with E-state index in [9.17, 15) is 0 Å². The summed E-state index contributed by atoms with van der Waals surface area (Å²) in [5.74, 6) is 2.15. The predicted octanol–water partition coefficient (Wildman–Crippen LogP) is 3.33. The van der Waals surface area contributed by atoms with Crippen LogP contribution in [0.4, 0.5) is 0 Å². The van der Waals surface area contributed by atoms with E-state index in [4.69, 9.17) is 4.98 Å². The van der Waals surface area contributed by atoms with Crippen molar-refractivity contribution >= 4 is 0 Å². The molecule has 106 valence electrons. The van der Waals surface area contributed by atoms with Gasteiger partial charge in [0.05, 0.1) is 5.69 Å². The van der Waals surface area contributed by atoms with Crippen LogP contribution >= 0.6 is 0 Å². The van der Waals surface area contributed by atoms with Gasteiger partial charge in [-0.05, 0) is 32.1 Å². The van der Waals surface area contributed by atoms with Gasteiger partial charge in [0.1, 0.15) is 5.82 Å². The molecule has 19 heavy (non-hydrogen) atoms. The number of fused-ring (bicyclic) bond motifs is 1. The molecule has 1 fully saturated rings. The van der Waals surface area contributed by atoms with Crippen molar-refractivity contribution < 1.29 is 0 Å². The maximum Gasteiger partial charge on any atom is 0.112 e. The lowest BCUT2D eigenvalue weighted by molar-refractivity contribution is 0.235. The maximum absolute atomic E-state index is 5.02. The molecule has 2 aliphatic rings. The molecule has 0 amide bonds. The molecule has 1 aliphatic heterocycles. The molecule has 1 aromatic rings. The normalized spacial score (nSPS) is 19.5. The quantitative estimate of drug-likeness (QED) is 0.881. The minimum Gasteiger partial charge on any atom is -0.325 e. The lowest BCUT2D eigenvalue weighted by Crippen LogP contribution is -2.36. The van der Waals surface area contributed by atoms with Gasteiger partial charge in [-0.25, -0.2) is 4.98 Å². The van der Waals surface area contributed by atoms with Crippen molar-refractivity contribution in [1.29, 1.82) is 0 Å². The summed E-state index contributed by atoms with van der Waals surface area (Å²) >= 11 is 0. The largest absolute Gasteiger partial charge is 0.325 e. The van der Waals surface area contributed by atoms with Gasteiger partial charge in [-0.15, -0.1) is 0 Å². The van der Waals surface area contributed by atoms with E-state index in [1.807, 2.05) is 0 Å². The minimum atomic E-state index is 0.301. The van der Waals surface area contributed by atoms with Crippen molar-refractivity contribution in [2.75, 3.05) is 6.54 Å². The van der Waals surface area contributed by atoms with E-state index in [1.165, 1.54) is 49.3 Å². The first-order chi connectivity index (χ1) is 9.25. The van der Waals surface area contributed by atoms with Crippen molar-refractivity contribution in [2.24, 2.45) is 0 Å². The van der Waals surface area contributed by atoms with Gasteiger partial charge in [0, 0.05) is 36.7 Å². The lowest BCUT2D eigenvalue weighted by Gasteiger charge is -2.36. The Hall–Kier alpha value is -0.830. The van der Waals surface area contributed by atoms with Crippen LogP contribution < -0.4 is 5.32 Å². The van der Waals surface area contributed by atoms with Crippen molar-refractivity contribution in [3.05, 3.63) is 17.2 Å². The van der Waals surface area contributed by atoms with E-state index in [2.05, 4.69) is 30.7 Å². The Morgan fingerprint density at radius 1 is 1.21 bits per heavy atom. The molecule has 0 saturated heterocycles. The van der Waals surface area contributed by atoms with Gasteiger partial charge in [-0.1, -0.05) is 20.8 Å². The highest BCUT2D eigenvalue weighted by molar-refractivity contribution is 5.26. The third-order valence-electron chi connectivity index (χ3n) is 5.30. The Morgan fingerprint density at radius 3 is 2.47 bits per heavy atom. The van der Waals surface area contributed by atoms with Crippen molar-refractivity contribution in [2.45, 2.75) is 77.3 Å². The van der Waals surface area contributed by atoms with Crippen LogP contribution in [0.3, 0.4) is 0 Å². The summed E-state index contributed by atoms with van der Waals surface area (Å²) in [6.45, 7) is 9.11. The number of hydrogen-bond acceptors (Lipinski definition) is 2. The van der Waals surface area contributed by atoms with Crippen LogP contribution in [0.25, 0.3) is 0 Å². The fraction of sp³-hybridized carbons (Fsp3) is 0.812. The van der Waals surface area contributed by atoms with Gasteiger partial charge in [0.25, 0.3) is 0 Å².